The number of thiophene rings is 1. The van der Waals surface area contributed by atoms with Crippen LogP contribution in [0.4, 0.5) is 4.39 Å². The van der Waals surface area contributed by atoms with Crippen LogP contribution in [0.1, 0.15) is 27.7 Å². The molecule has 1 N–H and O–H groups in total. The van der Waals surface area contributed by atoms with Crippen molar-refractivity contribution in [1.29, 1.82) is 0 Å². The third kappa shape index (κ3) is 2.59. The van der Waals surface area contributed by atoms with Crippen LogP contribution in [-0.4, -0.2) is 5.11 Å². The molecule has 0 bridgehead atoms. The van der Waals surface area contributed by atoms with Crippen LogP contribution in [-0.2, 0) is 0 Å². The summed E-state index contributed by atoms with van der Waals surface area (Å²) in [6.07, 6.45) is -0.896. The topological polar surface area (TPSA) is 20.2 Å². The van der Waals surface area contributed by atoms with E-state index in [-0.39, 0.29) is 5.82 Å². The van der Waals surface area contributed by atoms with Crippen LogP contribution in [0.3, 0.4) is 0 Å². The zero-order chi connectivity index (χ0) is 12.6. The van der Waals surface area contributed by atoms with Gasteiger partial charge in [-0.25, -0.2) is 4.39 Å². The zero-order valence-electron chi connectivity index (χ0n) is 9.50. The molecule has 4 heteroatoms. The Bertz CT molecular complexity index is 527. The minimum Gasteiger partial charge on any atom is -0.383 e. The summed E-state index contributed by atoms with van der Waals surface area (Å²) in [5, 5.41) is 12.1. The molecule has 0 spiro atoms. The minimum atomic E-state index is -0.896. The van der Waals surface area contributed by atoms with E-state index in [1.807, 2.05) is 31.4 Å². The number of hydrogen-bond acceptors (Lipinski definition) is 2. The van der Waals surface area contributed by atoms with Gasteiger partial charge >= 0.3 is 0 Å². The van der Waals surface area contributed by atoms with Gasteiger partial charge in [0.2, 0.25) is 0 Å². The molecule has 17 heavy (non-hydrogen) atoms. The molecular weight excluding hydrogens is 303 g/mol. The summed E-state index contributed by atoms with van der Waals surface area (Å²) in [7, 11) is 0. The summed E-state index contributed by atoms with van der Waals surface area (Å²) in [6.45, 7) is 3.66. The fourth-order valence-electron chi connectivity index (χ4n) is 1.89. The minimum absolute atomic E-state index is 0.348. The van der Waals surface area contributed by atoms with Crippen molar-refractivity contribution in [1.82, 2.24) is 0 Å². The van der Waals surface area contributed by atoms with Crippen LogP contribution in [0.25, 0.3) is 0 Å². The first-order valence-corrected chi connectivity index (χ1v) is 6.85. The highest BCUT2D eigenvalue weighted by Gasteiger charge is 2.19. The van der Waals surface area contributed by atoms with Crippen molar-refractivity contribution in [3.8, 4) is 0 Å². The molecule has 1 heterocycles. The molecule has 0 radical (unpaired) electrons. The van der Waals surface area contributed by atoms with Crippen LogP contribution in [0, 0.1) is 19.7 Å². The average Bonchev–Trinajstić information content (AvgIpc) is 2.63. The lowest BCUT2D eigenvalue weighted by molar-refractivity contribution is 0.218. The van der Waals surface area contributed by atoms with E-state index in [0.717, 1.165) is 20.5 Å². The van der Waals surface area contributed by atoms with Gasteiger partial charge in [0.05, 0.1) is 0 Å². The first kappa shape index (κ1) is 12.7. The Balaban J connectivity index is 2.47. The summed E-state index contributed by atoms with van der Waals surface area (Å²) in [5.74, 6) is -0.348. The molecule has 1 nitrogen and oxygen atoms in total. The second kappa shape index (κ2) is 4.88. The summed E-state index contributed by atoms with van der Waals surface area (Å²) in [5.41, 5.74) is 2.01. The largest absolute Gasteiger partial charge is 0.383 e. The Morgan fingerprint density at radius 3 is 2.53 bits per heavy atom. The molecule has 0 aliphatic carbocycles. The van der Waals surface area contributed by atoms with Gasteiger partial charge in [-0.05, 0) is 53.0 Å². The lowest BCUT2D eigenvalue weighted by Gasteiger charge is -2.14. The average molecular weight is 315 g/mol. The number of benzene rings is 1. The van der Waals surface area contributed by atoms with Gasteiger partial charge in [0.15, 0.2) is 0 Å². The maximum absolute atomic E-state index is 13.9. The monoisotopic (exact) mass is 314 g/mol. The molecule has 0 saturated carbocycles. The molecule has 1 aromatic carbocycles. The number of aliphatic hydroxyl groups excluding tert-OH is 1. The van der Waals surface area contributed by atoms with E-state index in [9.17, 15) is 9.50 Å². The third-order valence-electron chi connectivity index (χ3n) is 2.61. The van der Waals surface area contributed by atoms with Crippen molar-refractivity contribution in [2.75, 3.05) is 0 Å². The highest BCUT2D eigenvalue weighted by molar-refractivity contribution is 9.10. The van der Waals surface area contributed by atoms with Crippen LogP contribution in [0.15, 0.2) is 28.1 Å². The molecule has 0 fully saturated rings. The molecule has 90 valence electrons. The maximum Gasteiger partial charge on any atom is 0.129 e. The fourth-order valence-corrected chi connectivity index (χ4v) is 3.32. The van der Waals surface area contributed by atoms with Crippen molar-refractivity contribution >= 4 is 27.3 Å². The normalized spacial score (nSPS) is 12.8. The Morgan fingerprint density at radius 1 is 1.29 bits per heavy atom. The van der Waals surface area contributed by atoms with Gasteiger partial charge in [-0.15, -0.1) is 11.3 Å². The van der Waals surface area contributed by atoms with E-state index >= 15 is 0 Å². The third-order valence-corrected chi connectivity index (χ3v) is 4.36. The predicted molar refractivity (Wildman–Crippen MR) is 72.0 cm³/mol. The van der Waals surface area contributed by atoms with Crippen LogP contribution >= 0.6 is 27.3 Å². The Hall–Kier alpha value is -0.710. The summed E-state index contributed by atoms with van der Waals surface area (Å²) < 4.78 is 14.8. The second-order valence-electron chi connectivity index (χ2n) is 4.05. The Kier molecular flexibility index (Phi) is 3.66. The summed E-state index contributed by atoms with van der Waals surface area (Å²) in [4.78, 5) is 0.739. The van der Waals surface area contributed by atoms with E-state index in [1.165, 1.54) is 17.4 Å². The highest BCUT2D eigenvalue weighted by Crippen LogP contribution is 2.33. The van der Waals surface area contributed by atoms with Gasteiger partial charge < -0.3 is 5.11 Å². The molecule has 0 aliphatic rings. The van der Waals surface area contributed by atoms with Gasteiger partial charge in [0.25, 0.3) is 0 Å². The van der Waals surface area contributed by atoms with Crippen LogP contribution in [0.2, 0.25) is 0 Å². The molecule has 2 rings (SSSR count). The molecule has 2 aromatic rings. The molecule has 1 unspecified atom stereocenters. The number of aliphatic hydroxyl groups is 1. The van der Waals surface area contributed by atoms with Crippen LogP contribution in [0.5, 0.6) is 0 Å². The van der Waals surface area contributed by atoms with E-state index in [1.54, 1.807) is 0 Å². The first-order valence-electron chi connectivity index (χ1n) is 5.17. The number of hydrogen-bond donors (Lipinski definition) is 1. The predicted octanol–water partition coefficient (Wildman–Crippen LogP) is 4.35. The SMILES string of the molecule is Cc1cc(C)c(C(O)c2cc(Br)cs2)c(F)c1. The summed E-state index contributed by atoms with van der Waals surface area (Å²) in [6, 6.07) is 5.15. The highest BCUT2D eigenvalue weighted by atomic mass is 79.9. The van der Waals surface area contributed by atoms with Crippen molar-refractivity contribution < 1.29 is 9.50 Å². The van der Waals surface area contributed by atoms with Gasteiger partial charge in [0.1, 0.15) is 11.9 Å². The lowest BCUT2D eigenvalue weighted by Crippen LogP contribution is -2.04. The van der Waals surface area contributed by atoms with Gasteiger partial charge in [-0.2, -0.15) is 0 Å². The van der Waals surface area contributed by atoms with E-state index in [4.69, 9.17) is 0 Å². The number of aryl methyl sites for hydroxylation is 2. The first-order chi connectivity index (χ1) is 7.99. The van der Waals surface area contributed by atoms with Gasteiger partial charge in [0, 0.05) is 20.3 Å². The summed E-state index contributed by atoms with van der Waals surface area (Å²) >= 11 is 4.74. The lowest BCUT2D eigenvalue weighted by atomic mass is 9.99. The van der Waals surface area contributed by atoms with Crippen molar-refractivity contribution in [2.24, 2.45) is 0 Å². The smallest absolute Gasteiger partial charge is 0.129 e. The van der Waals surface area contributed by atoms with Crippen molar-refractivity contribution in [3.63, 3.8) is 0 Å². The second-order valence-corrected chi connectivity index (χ2v) is 5.91. The van der Waals surface area contributed by atoms with E-state index < -0.39 is 6.10 Å². The fraction of sp³-hybridized carbons (Fsp3) is 0.231. The maximum atomic E-state index is 13.9. The van der Waals surface area contributed by atoms with Crippen molar-refractivity contribution in [3.05, 3.63) is 55.4 Å². The molecule has 1 aromatic heterocycles. The standard InChI is InChI=1S/C13H12BrFOS/c1-7-3-8(2)12(10(15)4-7)13(16)11-5-9(14)6-17-11/h3-6,13,16H,1-2H3. The Labute approximate surface area is 112 Å². The van der Waals surface area contributed by atoms with Crippen molar-refractivity contribution in [2.45, 2.75) is 20.0 Å². The number of halogens is 2. The molecule has 0 aliphatic heterocycles. The van der Waals surface area contributed by atoms with Crippen LogP contribution < -0.4 is 0 Å². The van der Waals surface area contributed by atoms with Gasteiger partial charge in [-0.3, -0.25) is 0 Å². The molecular formula is C13H12BrFOS. The molecule has 0 amide bonds. The number of rotatable bonds is 2. The Morgan fingerprint density at radius 2 is 2.00 bits per heavy atom. The zero-order valence-corrected chi connectivity index (χ0v) is 11.9. The molecule has 1 atom stereocenters. The van der Waals surface area contributed by atoms with E-state index in [0.29, 0.717) is 5.56 Å². The quantitative estimate of drug-likeness (QED) is 0.873. The van der Waals surface area contributed by atoms with E-state index in [2.05, 4.69) is 15.9 Å². The molecule has 0 saturated heterocycles. The van der Waals surface area contributed by atoms with Gasteiger partial charge in [-0.1, -0.05) is 6.07 Å².